The second kappa shape index (κ2) is 6.02. The fourth-order valence-corrected chi connectivity index (χ4v) is 2.36. The molecule has 0 atom stereocenters. The van der Waals surface area contributed by atoms with Gasteiger partial charge in [-0.25, -0.2) is 0 Å². The smallest absolute Gasteiger partial charge is 0.219 e. The van der Waals surface area contributed by atoms with Gasteiger partial charge >= 0.3 is 0 Å². The number of carbonyl (C=O) groups excluding carboxylic acids is 1. The predicted octanol–water partition coefficient (Wildman–Crippen LogP) is 1.86. The molecule has 1 amide bonds. The van der Waals surface area contributed by atoms with Gasteiger partial charge in [-0.15, -0.1) is 0 Å². The number of anilines is 1. The van der Waals surface area contributed by atoms with E-state index in [1.807, 2.05) is 17.0 Å². The third-order valence-electron chi connectivity index (χ3n) is 3.32. The van der Waals surface area contributed by atoms with E-state index in [-0.39, 0.29) is 5.91 Å². The van der Waals surface area contributed by atoms with Crippen molar-refractivity contribution in [2.45, 2.75) is 13.8 Å². The Morgan fingerprint density at radius 3 is 2.16 bits per heavy atom. The van der Waals surface area contributed by atoms with Crippen molar-refractivity contribution < 1.29 is 4.79 Å². The van der Waals surface area contributed by atoms with Gasteiger partial charge in [-0.1, -0.05) is 17.7 Å². The Morgan fingerprint density at radius 2 is 1.63 bits per heavy atom. The molecule has 0 saturated carbocycles. The Balaban J connectivity index is 1.88. The van der Waals surface area contributed by atoms with E-state index in [4.69, 9.17) is 12.2 Å². The highest BCUT2D eigenvalue weighted by Crippen LogP contribution is 2.11. The van der Waals surface area contributed by atoms with E-state index < -0.39 is 0 Å². The molecule has 0 bridgehead atoms. The van der Waals surface area contributed by atoms with Gasteiger partial charge in [0.25, 0.3) is 0 Å². The summed E-state index contributed by atoms with van der Waals surface area (Å²) in [5.74, 6) is 0.136. The minimum Gasteiger partial charge on any atom is -0.345 e. The number of nitrogens with one attached hydrogen (secondary N) is 1. The average molecular weight is 277 g/mol. The molecule has 0 aromatic heterocycles. The zero-order valence-electron chi connectivity index (χ0n) is 11.3. The first-order valence-corrected chi connectivity index (χ1v) is 6.85. The maximum absolute atomic E-state index is 11.3. The van der Waals surface area contributed by atoms with Gasteiger partial charge < -0.3 is 15.1 Å². The Labute approximate surface area is 119 Å². The van der Waals surface area contributed by atoms with Crippen molar-refractivity contribution in [2.75, 3.05) is 31.5 Å². The lowest BCUT2D eigenvalue weighted by molar-refractivity contribution is -0.130. The topological polar surface area (TPSA) is 35.6 Å². The zero-order chi connectivity index (χ0) is 13.8. The van der Waals surface area contributed by atoms with Crippen LogP contribution < -0.4 is 5.32 Å². The fourth-order valence-electron chi connectivity index (χ4n) is 2.06. The molecule has 2 rings (SSSR count). The number of piperazine rings is 1. The van der Waals surface area contributed by atoms with E-state index in [0.717, 1.165) is 37.0 Å². The zero-order valence-corrected chi connectivity index (χ0v) is 12.2. The molecule has 102 valence electrons. The molecule has 0 radical (unpaired) electrons. The number of nitrogens with zero attached hydrogens (tertiary/aromatic N) is 2. The van der Waals surface area contributed by atoms with Crippen molar-refractivity contribution in [3.8, 4) is 0 Å². The largest absolute Gasteiger partial charge is 0.345 e. The molecule has 0 spiro atoms. The Hall–Kier alpha value is -1.62. The molecule has 1 fully saturated rings. The quantitative estimate of drug-likeness (QED) is 0.795. The highest BCUT2D eigenvalue weighted by Gasteiger charge is 2.20. The van der Waals surface area contributed by atoms with Gasteiger partial charge in [-0.2, -0.15) is 0 Å². The third-order valence-corrected chi connectivity index (χ3v) is 3.68. The van der Waals surface area contributed by atoms with Crippen molar-refractivity contribution in [2.24, 2.45) is 0 Å². The molecule has 1 aromatic rings. The summed E-state index contributed by atoms with van der Waals surface area (Å²) < 4.78 is 0. The monoisotopic (exact) mass is 277 g/mol. The van der Waals surface area contributed by atoms with Crippen molar-refractivity contribution in [3.63, 3.8) is 0 Å². The van der Waals surface area contributed by atoms with E-state index >= 15 is 0 Å². The van der Waals surface area contributed by atoms with E-state index in [9.17, 15) is 4.79 Å². The second-order valence-corrected chi connectivity index (χ2v) is 5.18. The summed E-state index contributed by atoms with van der Waals surface area (Å²) in [6.07, 6.45) is 0. The van der Waals surface area contributed by atoms with Gasteiger partial charge in [0, 0.05) is 38.8 Å². The van der Waals surface area contributed by atoms with Gasteiger partial charge in [0.05, 0.1) is 0 Å². The molecule has 1 aliphatic rings. The number of amides is 1. The van der Waals surface area contributed by atoms with Gasteiger partial charge in [-0.05, 0) is 31.3 Å². The van der Waals surface area contributed by atoms with Crippen LogP contribution in [0.1, 0.15) is 12.5 Å². The highest BCUT2D eigenvalue weighted by molar-refractivity contribution is 7.80. The fraction of sp³-hybridized carbons (Fsp3) is 0.429. The Morgan fingerprint density at radius 1 is 1.11 bits per heavy atom. The van der Waals surface area contributed by atoms with Crippen LogP contribution in [-0.4, -0.2) is 47.0 Å². The van der Waals surface area contributed by atoms with E-state index in [1.54, 1.807) is 6.92 Å². The van der Waals surface area contributed by atoms with Crippen LogP contribution in [0.2, 0.25) is 0 Å². The lowest BCUT2D eigenvalue weighted by Gasteiger charge is -2.35. The van der Waals surface area contributed by atoms with E-state index in [0.29, 0.717) is 0 Å². The van der Waals surface area contributed by atoms with Crippen LogP contribution in [0.4, 0.5) is 5.69 Å². The normalized spacial score (nSPS) is 15.3. The summed E-state index contributed by atoms with van der Waals surface area (Å²) in [5, 5.41) is 3.97. The molecular weight excluding hydrogens is 258 g/mol. The maximum atomic E-state index is 11.3. The number of rotatable bonds is 1. The molecule has 1 N–H and O–H groups in total. The lowest BCUT2D eigenvalue weighted by atomic mass is 10.2. The van der Waals surface area contributed by atoms with Crippen molar-refractivity contribution in [3.05, 3.63) is 29.8 Å². The average Bonchev–Trinajstić information content (AvgIpc) is 2.41. The molecule has 1 aliphatic heterocycles. The van der Waals surface area contributed by atoms with Crippen LogP contribution in [0, 0.1) is 6.92 Å². The summed E-state index contributed by atoms with van der Waals surface area (Å²) >= 11 is 5.40. The van der Waals surface area contributed by atoms with Crippen LogP contribution in [0.25, 0.3) is 0 Å². The van der Waals surface area contributed by atoms with Crippen molar-refractivity contribution in [1.29, 1.82) is 0 Å². The van der Waals surface area contributed by atoms with Crippen LogP contribution in [-0.2, 0) is 4.79 Å². The number of thiocarbonyl (C=S) groups is 1. The van der Waals surface area contributed by atoms with Crippen molar-refractivity contribution in [1.82, 2.24) is 9.80 Å². The minimum absolute atomic E-state index is 0.136. The minimum atomic E-state index is 0.136. The number of benzene rings is 1. The first-order chi connectivity index (χ1) is 9.06. The SMILES string of the molecule is CC(=O)N1CCN(C(=S)Nc2ccc(C)cc2)CC1. The molecule has 0 unspecified atom stereocenters. The number of aryl methyl sites for hydroxylation is 1. The second-order valence-electron chi connectivity index (χ2n) is 4.79. The number of hydrogen-bond acceptors (Lipinski definition) is 2. The van der Waals surface area contributed by atoms with Crippen LogP contribution in [0.5, 0.6) is 0 Å². The van der Waals surface area contributed by atoms with Crippen LogP contribution in [0.3, 0.4) is 0 Å². The Bertz CT molecular complexity index is 464. The third kappa shape index (κ3) is 3.67. The van der Waals surface area contributed by atoms with Crippen LogP contribution >= 0.6 is 12.2 Å². The lowest BCUT2D eigenvalue weighted by Crippen LogP contribution is -2.51. The first-order valence-electron chi connectivity index (χ1n) is 6.44. The molecular formula is C14H19N3OS. The molecule has 1 saturated heterocycles. The Kier molecular flexibility index (Phi) is 4.37. The van der Waals surface area contributed by atoms with E-state index in [1.165, 1.54) is 5.56 Å². The summed E-state index contributed by atoms with van der Waals surface area (Å²) in [6.45, 7) is 6.73. The predicted molar refractivity (Wildman–Crippen MR) is 81.2 cm³/mol. The van der Waals surface area contributed by atoms with Crippen molar-refractivity contribution >= 4 is 28.9 Å². The molecule has 0 aliphatic carbocycles. The van der Waals surface area contributed by atoms with Crippen LogP contribution in [0.15, 0.2) is 24.3 Å². The highest BCUT2D eigenvalue weighted by atomic mass is 32.1. The number of carbonyl (C=O) groups is 1. The molecule has 4 nitrogen and oxygen atoms in total. The van der Waals surface area contributed by atoms with Gasteiger partial charge in [0.15, 0.2) is 5.11 Å². The summed E-state index contributed by atoms with van der Waals surface area (Å²) in [4.78, 5) is 15.2. The maximum Gasteiger partial charge on any atom is 0.219 e. The standard InChI is InChI=1S/C14H19N3OS/c1-11-3-5-13(6-4-11)15-14(19)17-9-7-16(8-10-17)12(2)18/h3-6H,7-10H2,1-2H3,(H,15,19). The van der Waals surface area contributed by atoms with E-state index in [2.05, 4.69) is 29.3 Å². The molecule has 1 aromatic carbocycles. The van der Waals surface area contributed by atoms with Gasteiger partial charge in [-0.3, -0.25) is 4.79 Å². The van der Waals surface area contributed by atoms with Gasteiger partial charge in [0.2, 0.25) is 5.91 Å². The first kappa shape index (κ1) is 13.8. The van der Waals surface area contributed by atoms with Gasteiger partial charge in [0.1, 0.15) is 0 Å². The number of hydrogen-bond donors (Lipinski definition) is 1. The molecule has 1 heterocycles. The summed E-state index contributed by atoms with van der Waals surface area (Å²) in [6, 6.07) is 8.15. The molecule has 5 heteroatoms. The summed E-state index contributed by atoms with van der Waals surface area (Å²) in [5.41, 5.74) is 2.23. The summed E-state index contributed by atoms with van der Waals surface area (Å²) in [7, 11) is 0. The molecule has 19 heavy (non-hydrogen) atoms.